The lowest BCUT2D eigenvalue weighted by Gasteiger charge is -2.25. The molecule has 3 rings (SSSR count). The van der Waals surface area contributed by atoms with Gasteiger partial charge in [-0.05, 0) is 51.0 Å². The number of aromatic nitrogens is 1. The van der Waals surface area contributed by atoms with E-state index in [2.05, 4.69) is 4.98 Å². The fourth-order valence-electron chi connectivity index (χ4n) is 2.77. The first-order chi connectivity index (χ1) is 11.4. The third kappa shape index (κ3) is 3.36. The van der Waals surface area contributed by atoms with Crippen LogP contribution in [-0.4, -0.2) is 39.5 Å². The van der Waals surface area contributed by atoms with Crippen molar-refractivity contribution in [2.24, 2.45) is 0 Å². The molecule has 1 aliphatic carbocycles. The average Bonchev–Trinajstić information content (AvgIpc) is 3.35. The number of halogens is 1. The number of carbonyl (C=O) groups is 2. The predicted octanol–water partition coefficient (Wildman–Crippen LogP) is 3.70. The number of rotatable bonds is 5. The van der Waals surface area contributed by atoms with E-state index in [1.54, 1.807) is 38.1 Å². The van der Waals surface area contributed by atoms with Crippen LogP contribution in [0.5, 0.6) is 0 Å². The van der Waals surface area contributed by atoms with Crippen molar-refractivity contribution in [1.29, 1.82) is 0 Å². The smallest absolute Gasteiger partial charge is 0.323 e. The molecule has 1 N–H and O–H groups in total. The highest BCUT2D eigenvalue weighted by Gasteiger charge is 2.29. The van der Waals surface area contributed by atoms with Gasteiger partial charge in [0, 0.05) is 28.1 Å². The molecule has 126 valence electrons. The first-order valence-corrected chi connectivity index (χ1v) is 8.37. The number of carbonyl (C=O) groups excluding carboxylic acids is 1. The number of carboxylic acids is 1. The number of pyridine rings is 1. The van der Waals surface area contributed by atoms with Gasteiger partial charge in [0.2, 0.25) is 0 Å². The number of carboxylic acid groups (broad SMARTS) is 1. The number of hydrogen-bond acceptors (Lipinski definition) is 3. The normalized spacial score (nSPS) is 14.2. The fraction of sp³-hybridized carbons (Fsp3) is 0.389. The van der Waals surface area contributed by atoms with Crippen LogP contribution in [0.15, 0.2) is 24.3 Å². The first-order valence-electron chi connectivity index (χ1n) is 7.99. The minimum Gasteiger partial charge on any atom is -0.480 e. The van der Waals surface area contributed by atoms with E-state index in [4.69, 9.17) is 16.7 Å². The van der Waals surface area contributed by atoms with Crippen molar-refractivity contribution in [3.8, 4) is 0 Å². The highest BCUT2D eigenvalue weighted by molar-refractivity contribution is 6.31. The van der Waals surface area contributed by atoms with E-state index < -0.39 is 5.97 Å². The lowest BCUT2D eigenvalue weighted by Crippen LogP contribution is -2.40. The van der Waals surface area contributed by atoms with Crippen molar-refractivity contribution in [2.45, 2.75) is 38.6 Å². The minimum absolute atomic E-state index is 0.222. The zero-order valence-electron chi connectivity index (χ0n) is 13.6. The minimum atomic E-state index is -1.03. The summed E-state index contributed by atoms with van der Waals surface area (Å²) in [4.78, 5) is 30.2. The maximum Gasteiger partial charge on any atom is 0.323 e. The van der Waals surface area contributed by atoms with Gasteiger partial charge < -0.3 is 10.0 Å². The van der Waals surface area contributed by atoms with E-state index in [0.29, 0.717) is 27.4 Å². The second-order valence-electron chi connectivity index (χ2n) is 6.45. The molecule has 1 amide bonds. The molecular weight excluding hydrogens is 328 g/mol. The van der Waals surface area contributed by atoms with Gasteiger partial charge >= 0.3 is 5.97 Å². The summed E-state index contributed by atoms with van der Waals surface area (Å²) in [5, 5.41) is 10.3. The van der Waals surface area contributed by atoms with Crippen LogP contribution in [0.25, 0.3) is 10.9 Å². The molecule has 24 heavy (non-hydrogen) atoms. The molecular formula is C18H19ClN2O3. The van der Waals surface area contributed by atoms with E-state index >= 15 is 0 Å². The first kappa shape index (κ1) is 16.7. The topological polar surface area (TPSA) is 70.5 Å². The van der Waals surface area contributed by atoms with Gasteiger partial charge in [0.1, 0.15) is 6.54 Å². The number of aliphatic carboxylic acids is 1. The van der Waals surface area contributed by atoms with E-state index in [-0.39, 0.29) is 18.5 Å². The second kappa shape index (κ2) is 6.40. The Balaban J connectivity index is 2.13. The van der Waals surface area contributed by atoms with Crippen molar-refractivity contribution in [3.63, 3.8) is 0 Å². The van der Waals surface area contributed by atoms with Crippen molar-refractivity contribution >= 4 is 34.4 Å². The molecule has 0 bridgehead atoms. The number of benzene rings is 1. The largest absolute Gasteiger partial charge is 0.480 e. The van der Waals surface area contributed by atoms with Crippen LogP contribution in [0.1, 0.15) is 48.7 Å². The van der Waals surface area contributed by atoms with Gasteiger partial charge in [-0.1, -0.05) is 11.6 Å². The van der Waals surface area contributed by atoms with Crippen LogP contribution >= 0.6 is 11.6 Å². The highest BCUT2D eigenvalue weighted by atomic mass is 35.5. The summed E-state index contributed by atoms with van der Waals surface area (Å²) < 4.78 is 0. The number of hydrogen-bond donors (Lipinski definition) is 1. The molecule has 0 saturated heterocycles. The summed E-state index contributed by atoms with van der Waals surface area (Å²) in [6, 6.07) is 6.85. The van der Waals surface area contributed by atoms with Crippen LogP contribution in [0.2, 0.25) is 5.02 Å². The highest BCUT2D eigenvalue weighted by Crippen LogP contribution is 2.40. The Bertz CT molecular complexity index is 815. The molecule has 0 aliphatic heterocycles. The van der Waals surface area contributed by atoms with Gasteiger partial charge in [-0.3, -0.25) is 14.6 Å². The molecule has 2 aromatic rings. The molecule has 1 aromatic heterocycles. The van der Waals surface area contributed by atoms with Crippen LogP contribution in [0.3, 0.4) is 0 Å². The fourth-order valence-corrected chi connectivity index (χ4v) is 2.95. The van der Waals surface area contributed by atoms with Gasteiger partial charge in [0.05, 0.1) is 11.1 Å². The number of amides is 1. The molecule has 1 saturated carbocycles. The summed E-state index contributed by atoms with van der Waals surface area (Å²) in [5.74, 6) is -0.941. The molecule has 1 aliphatic rings. The summed E-state index contributed by atoms with van der Waals surface area (Å²) in [5.41, 5.74) is 2.08. The Morgan fingerprint density at radius 2 is 2.04 bits per heavy atom. The van der Waals surface area contributed by atoms with E-state index in [1.165, 1.54) is 4.90 Å². The lowest BCUT2D eigenvalue weighted by molar-refractivity contribution is -0.138. The van der Waals surface area contributed by atoms with E-state index in [9.17, 15) is 9.59 Å². The summed E-state index contributed by atoms with van der Waals surface area (Å²) >= 11 is 6.09. The van der Waals surface area contributed by atoms with Gasteiger partial charge in [0.15, 0.2) is 0 Å². The Morgan fingerprint density at radius 3 is 2.62 bits per heavy atom. The van der Waals surface area contributed by atoms with Gasteiger partial charge in [-0.15, -0.1) is 0 Å². The van der Waals surface area contributed by atoms with Crippen molar-refractivity contribution in [1.82, 2.24) is 9.88 Å². The van der Waals surface area contributed by atoms with Crippen LogP contribution in [0.4, 0.5) is 0 Å². The lowest BCUT2D eigenvalue weighted by atomic mass is 10.0. The van der Waals surface area contributed by atoms with Gasteiger partial charge in [0.25, 0.3) is 5.91 Å². The van der Waals surface area contributed by atoms with Crippen molar-refractivity contribution < 1.29 is 14.7 Å². The van der Waals surface area contributed by atoms with Crippen LogP contribution in [-0.2, 0) is 4.79 Å². The monoisotopic (exact) mass is 346 g/mol. The molecule has 0 atom stereocenters. The standard InChI is InChI=1S/C18H19ClN2O3/c1-10(2)21(9-17(22)23)18(24)14-8-16(11-3-4-11)20-15-6-5-12(19)7-13(14)15/h5-8,10-11H,3-4,9H2,1-2H3,(H,22,23). The SMILES string of the molecule is CC(C)N(CC(=O)O)C(=O)c1cc(C2CC2)nc2ccc(Cl)cc12. The summed E-state index contributed by atoms with van der Waals surface area (Å²) in [6.07, 6.45) is 2.14. The molecule has 0 radical (unpaired) electrons. The Morgan fingerprint density at radius 1 is 1.33 bits per heavy atom. The molecule has 6 heteroatoms. The third-order valence-electron chi connectivity index (χ3n) is 4.21. The van der Waals surface area contributed by atoms with E-state index in [1.807, 2.05) is 0 Å². The van der Waals surface area contributed by atoms with Crippen molar-refractivity contribution in [3.05, 3.63) is 40.5 Å². The third-order valence-corrected chi connectivity index (χ3v) is 4.44. The van der Waals surface area contributed by atoms with E-state index in [0.717, 1.165) is 18.5 Å². The number of nitrogens with zero attached hydrogens (tertiary/aromatic N) is 2. The maximum atomic E-state index is 13.0. The van der Waals surface area contributed by atoms with Crippen LogP contribution in [0, 0.1) is 0 Å². The Hall–Kier alpha value is -2.14. The Labute approximate surface area is 145 Å². The quantitative estimate of drug-likeness (QED) is 0.896. The second-order valence-corrected chi connectivity index (χ2v) is 6.89. The van der Waals surface area contributed by atoms with Gasteiger partial charge in [-0.25, -0.2) is 0 Å². The zero-order chi connectivity index (χ0) is 17.4. The van der Waals surface area contributed by atoms with Crippen LogP contribution < -0.4 is 0 Å². The molecule has 5 nitrogen and oxygen atoms in total. The molecule has 0 unspecified atom stereocenters. The zero-order valence-corrected chi connectivity index (χ0v) is 14.4. The Kier molecular flexibility index (Phi) is 4.45. The van der Waals surface area contributed by atoms with Crippen molar-refractivity contribution in [2.75, 3.05) is 6.54 Å². The molecule has 1 heterocycles. The van der Waals surface area contributed by atoms with Gasteiger partial charge in [-0.2, -0.15) is 0 Å². The molecule has 0 spiro atoms. The predicted molar refractivity (Wildman–Crippen MR) is 92.5 cm³/mol. The molecule has 1 fully saturated rings. The summed E-state index contributed by atoms with van der Waals surface area (Å²) in [6.45, 7) is 3.28. The maximum absolute atomic E-state index is 13.0. The average molecular weight is 347 g/mol. The number of fused-ring (bicyclic) bond motifs is 1. The summed E-state index contributed by atoms with van der Waals surface area (Å²) in [7, 11) is 0. The molecule has 1 aromatic carbocycles.